The van der Waals surface area contributed by atoms with E-state index < -0.39 is 0 Å². The number of hydrogen-bond acceptors (Lipinski definition) is 4. The summed E-state index contributed by atoms with van der Waals surface area (Å²) < 4.78 is 16.1. The van der Waals surface area contributed by atoms with Crippen LogP contribution in [0.4, 0.5) is 4.39 Å². The van der Waals surface area contributed by atoms with Crippen molar-refractivity contribution in [1.82, 2.24) is 14.9 Å². The van der Waals surface area contributed by atoms with E-state index in [1.807, 2.05) is 71.8 Å². The first-order valence-corrected chi connectivity index (χ1v) is 13.3. The van der Waals surface area contributed by atoms with Crippen LogP contribution in [-0.4, -0.2) is 33.2 Å². The number of para-hydroxylation sites is 1. The lowest BCUT2D eigenvalue weighted by atomic mass is 10.1. The molecule has 1 fully saturated rings. The highest BCUT2D eigenvalue weighted by Gasteiger charge is 2.32. The normalized spacial score (nSPS) is 15.4. The summed E-state index contributed by atoms with van der Waals surface area (Å²) in [7, 11) is 0. The van der Waals surface area contributed by atoms with Crippen LogP contribution in [0.15, 0.2) is 90.0 Å². The van der Waals surface area contributed by atoms with Gasteiger partial charge in [-0.15, -0.1) is 11.8 Å². The van der Waals surface area contributed by atoms with E-state index in [2.05, 4.69) is 10.5 Å². The fourth-order valence-electron chi connectivity index (χ4n) is 4.63. The first kappa shape index (κ1) is 25.5. The van der Waals surface area contributed by atoms with Crippen LogP contribution in [-0.2, 0) is 11.3 Å². The summed E-state index contributed by atoms with van der Waals surface area (Å²) in [6, 6.07) is 25.7. The van der Waals surface area contributed by atoms with Crippen LogP contribution in [0.5, 0.6) is 0 Å². The minimum absolute atomic E-state index is 0.0949. The maximum atomic E-state index is 14.3. The number of hydrogen-bond donors (Lipinski definition) is 1. The van der Waals surface area contributed by atoms with Gasteiger partial charge in [-0.05, 0) is 55.3 Å². The molecule has 38 heavy (non-hydrogen) atoms. The molecule has 8 heteroatoms. The molecule has 0 aliphatic carbocycles. The summed E-state index contributed by atoms with van der Waals surface area (Å²) >= 11 is 1.59. The average molecular weight is 527 g/mol. The highest BCUT2D eigenvalue weighted by molar-refractivity contribution is 8.00. The Morgan fingerprint density at radius 2 is 1.76 bits per heavy atom. The molecular formula is C30H27FN4O2S. The van der Waals surface area contributed by atoms with Crippen molar-refractivity contribution in [1.29, 1.82) is 0 Å². The van der Waals surface area contributed by atoms with E-state index in [4.69, 9.17) is 0 Å². The topological polar surface area (TPSA) is 66.7 Å². The molecule has 6 nitrogen and oxygen atoms in total. The molecule has 192 valence electrons. The monoisotopic (exact) mass is 526 g/mol. The number of carbonyl (C=O) groups is 2. The van der Waals surface area contributed by atoms with Crippen LogP contribution < -0.4 is 5.43 Å². The Balaban J connectivity index is 1.25. The minimum atomic E-state index is -0.341. The fraction of sp³-hybridized carbons (Fsp3) is 0.167. The summed E-state index contributed by atoms with van der Waals surface area (Å²) in [6.45, 7) is 4.33. The summed E-state index contributed by atoms with van der Waals surface area (Å²) in [6.07, 6.45) is 1.56. The van der Waals surface area contributed by atoms with Gasteiger partial charge in [0.15, 0.2) is 0 Å². The lowest BCUT2D eigenvalue weighted by Crippen LogP contribution is -2.27. The van der Waals surface area contributed by atoms with Gasteiger partial charge in [-0.25, -0.2) is 9.82 Å². The second-order valence-corrected chi connectivity index (χ2v) is 10.2. The highest BCUT2D eigenvalue weighted by atomic mass is 32.2. The molecule has 1 aliphatic heterocycles. The zero-order valence-electron chi connectivity index (χ0n) is 21.1. The maximum Gasteiger partial charge on any atom is 0.271 e. The number of hydrazone groups is 1. The molecule has 3 aromatic carbocycles. The van der Waals surface area contributed by atoms with E-state index in [9.17, 15) is 14.0 Å². The first-order chi connectivity index (χ1) is 18.4. The molecule has 1 N–H and O–H groups in total. The third kappa shape index (κ3) is 5.26. The van der Waals surface area contributed by atoms with Crippen molar-refractivity contribution < 1.29 is 14.0 Å². The quantitative estimate of drug-likeness (QED) is 0.246. The van der Waals surface area contributed by atoms with Gasteiger partial charge >= 0.3 is 0 Å². The number of halogens is 1. The molecule has 1 atom stereocenters. The standard InChI is InChI=1S/C30H27FN4O2S/c1-20-16-25(21(2)35(20)27-11-7-6-10-26(27)31)17-32-33-29(37)23-12-14-24(15-13-23)30-34(28(36)19-38-30)18-22-8-4-3-5-9-22/h3-17,30H,18-19H2,1-2H3,(H,33,37)/b32-17-/t30-/m1/s1. The minimum Gasteiger partial charge on any atom is -0.322 e. The van der Waals surface area contributed by atoms with Gasteiger partial charge in [0.1, 0.15) is 11.2 Å². The Morgan fingerprint density at radius 3 is 2.50 bits per heavy atom. The molecule has 2 amide bonds. The van der Waals surface area contributed by atoms with Gasteiger partial charge in [0.05, 0.1) is 17.7 Å². The number of thioether (sulfide) groups is 1. The smallest absolute Gasteiger partial charge is 0.271 e. The van der Waals surface area contributed by atoms with E-state index in [0.717, 1.165) is 28.1 Å². The largest absolute Gasteiger partial charge is 0.322 e. The number of benzene rings is 3. The average Bonchev–Trinajstić information content (AvgIpc) is 3.43. The van der Waals surface area contributed by atoms with Crippen molar-refractivity contribution in [3.8, 4) is 5.69 Å². The molecule has 0 bridgehead atoms. The molecule has 1 aromatic heterocycles. The second-order valence-electron chi connectivity index (χ2n) is 9.11. The maximum absolute atomic E-state index is 14.3. The number of aromatic nitrogens is 1. The first-order valence-electron chi connectivity index (χ1n) is 12.2. The molecule has 4 aromatic rings. The number of rotatable bonds is 7. The summed E-state index contributed by atoms with van der Waals surface area (Å²) in [4.78, 5) is 27.1. The fourth-order valence-corrected chi connectivity index (χ4v) is 5.82. The third-order valence-corrected chi connectivity index (χ3v) is 7.81. The molecule has 1 saturated heterocycles. The van der Waals surface area contributed by atoms with Crippen molar-refractivity contribution >= 4 is 29.8 Å². The van der Waals surface area contributed by atoms with Crippen molar-refractivity contribution in [3.63, 3.8) is 0 Å². The van der Waals surface area contributed by atoms with E-state index in [0.29, 0.717) is 23.5 Å². The van der Waals surface area contributed by atoms with Crippen LogP contribution in [0.1, 0.15) is 43.8 Å². The lowest BCUT2D eigenvalue weighted by Gasteiger charge is -2.24. The second kappa shape index (κ2) is 11.1. The third-order valence-electron chi connectivity index (χ3n) is 6.56. The number of nitrogens with zero attached hydrogens (tertiary/aromatic N) is 3. The van der Waals surface area contributed by atoms with Crippen molar-refractivity contribution in [2.75, 3.05) is 5.75 Å². The van der Waals surface area contributed by atoms with E-state index >= 15 is 0 Å². The molecule has 5 rings (SSSR count). The molecule has 0 saturated carbocycles. The summed E-state index contributed by atoms with van der Waals surface area (Å²) in [5, 5.41) is 4.03. The van der Waals surface area contributed by atoms with E-state index in [-0.39, 0.29) is 23.0 Å². The highest BCUT2D eigenvalue weighted by Crippen LogP contribution is 2.39. The zero-order chi connectivity index (χ0) is 26.6. The van der Waals surface area contributed by atoms with Crippen molar-refractivity contribution in [2.45, 2.75) is 25.8 Å². The molecule has 0 radical (unpaired) electrons. The number of aryl methyl sites for hydroxylation is 1. The number of carbonyl (C=O) groups excluding carboxylic acids is 2. The zero-order valence-corrected chi connectivity index (χ0v) is 21.9. The van der Waals surface area contributed by atoms with Crippen LogP contribution in [0.25, 0.3) is 5.69 Å². The van der Waals surface area contributed by atoms with Crippen LogP contribution in [0, 0.1) is 19.7 Å². The summed E-state index contributed by atoms with van der Waals surface area (Å²) in [5.74, 6) is -0.106. The molecule has 1 aliphatic rings. The van der Waals surface area contributed by atoms with Gasteiger partial charge in [0, 0.05) is 29.1 Å². The van der Waals surface area contributed by atoms with Crippen molar-refractivity contribution in [3.05, 3.63) is 124 Å². The van der Waals surface area contributed by atoms with Gasteiger partial charge in [-0.3, -0.25) is 9.59 Å². The Hall–Kier alpha value is -4.17. The van der Waals surface area contributed by atoms with Gasteiger partial charge in [-0.1, -0.05) is 54.6 Å². The molecular weight excluding hydrogens is 499 g/mol. The number of amides is 2. The Labute approximate surface area is 225 Å². The summed E-state index contributed by atoms with van der Waals surface area (Å²) in [5.41, 5.74) is 8.01. The lowest BCUT2D eigenvalue weighted by molar-refractivity contribution is -0.128. The molecule has 0 spiro atoms. The van der Waals surface area contributed by atoms with Crippen LogP contribution >= 0.6 is 11.8 Å². The van der Waals surface area contributed by atoms with Gasteiger partial charge < -0.3 is 9.47 Å². The van der Waals surface area contributed by atoms with E-state index in [1.165, 1.54) is 6.07 Å². The Kier molecular flexibility index (Phi) is 7.42. The van der Waals surface area contributed by atoms with Crippen molar-refractivity contribution in [2.24, 2.45) is 5.10 Å². The van der Waals surface area contributed by atoms with Gasteiger partial charge in [-0.2, -0.15) is 5.10 Å². The molecule has 2 heterocycles. The van der Waals surface area contributed by atoms with Gasteiger partial charge in [0.25, 0.3) is 5.91 Å². The van der Waals surface area contributed by atoms with Crippen LogP contribution in [0.3, 0.4) is 0 Å². The van der Waals surface area contributed by atoms with Gasteiger partial charge in [0.2, 0.25) is 5.91 Å². The predicted octanol–water partition coefficient (Wildman–Crippen LogP) is 5.77. The number of nitrogens with one attached hydrogen (secondary N) is 1. The van der Waals surface area contributed by atoms with E-state index in [1.54, 1.807) is 48.3 Å². The predicted molar refractivity (Wildman–Crippen MR) is 149 cm³/mol. The SMILES string of the molecule is Cc1cc(/C=N\NC(=O)c2ccc([C@H]3SCC(=O)N3Cc3ccccc3)cc2)c(C)n1-c1ccccc1F. The van der Waals surface area contributed by atoms with Crippen LogP contribution in [0.2, 0.25) is 0 Å². The molecule has 0 unspecified atom stereocenters. The Morgan fingerprint density at radius 1 is 1.05 bits per heavy atom. The Bertz CT molecular complexity index is 1500.